The van der Waals surface area contributed by atoms with Gasteiger partial charge in [-0.3, -0.25) is 4.79 Å². The summed E-state index contributed by atoms with van der Waals surface area (Å²) in [5, 5.41) is 1.15. The topological polar surface area (TPSA) is 74.3 Å². The van der Waals surface area contributed by atoms with E-state index in [1.807, 2.05) is 23.1 Å². The van der Waals surface area contributed by atoms with E-state index in [0.717, 1.165) is 60.5 Å². The lowest BCUT2D eigenvalue weighted by Gasteiger charge is -2.50. The van der Waals surface area contributed by atoms with Crippen LogP contribution in [0, 0.1) is 0 Å². The summed E-state index contributed by atoms with van der Waals surface area (Å²) in [7, 11) is 1.57. The highest BCUT2D eigenvalue weighted by Crippen LogP contribution is 2.43. The van der Waals surface area contributed by atoms with E-state index in [9.17, 15) is 4.79 Å². The number of anilines is 1. The Morgan fingerprint density at radius 2 is 2.00 bits per heavy atom. The maximum atomic E-state index is 12.8. The molecule has 7 nitrogen and oxygen atoms in total. The van der Waals surface area contributed by atoms with Gasteiger partial charge in [-0.1, -0.05) is 18.2 Å². The van der Waals surface area contributed by atoms with Crippen LogP contribution in [-0.2, 0) is 21.5 Å². The Hall–Kier alpha value is -2.93. The number of imidazole rings is 1. The van der Waals surface area contributed by atoms with Gasteiger partial charge < -0.3 is 19.5 Å². The zero-order valence-electron chi connectivity index (χ0n) is 16.6. The van der Waals surface area contributed by atoms with Crippen LogP contribution in [0.15, 0.2) is 42.7 Å². The van der Waals surface area contributed by atoms with E-state index >= 15 is 0 Å². The third-order valence-electron chi connectivity index (χ3n) is 6.33. The van der Waals surface area contributed by atoms with Crippen LogP contribution in [0.5, 0.6) is 0 Å². The van der Waals surface area contributed by atoms with E-state index in [1.165, 1.54) is 0 Å². The monoisotopic (exact) mass is 391 g/mol. The molecule has 0 saturated carbocycles. The van der Waals surface area contributed by atoms with Crippen LogP contribution in [-0.4, -0.2) is 59.1 Å². The first-order valence-electron chi connectivity index (χ1n) is 10.1. The number of fused-ring (bicyclic) bond motifs is 3. The Morgan fingerprint density at radius 1 is 1.17 bits per heavy atom. The third kappa shape index (κ3) is 2.97. The van der Waals surface area contributed by atoms with Crippen molar-refractivity contribution in [1.82, 2.24) is 19.9 Å². The predicted molar refractivity (Wildman–Crippen MR) is 111 cm³/mol. The molecule has 29 heavy (non-hydrogen) atoms. The van der Waals surface area contributed by atoms with Crippen molar-refractivity contribution in [2.45, 2.75) is 24.8 Å². The zero-order chi connectivity index (χ0) is 19.8. The summed E-state index contributed by atoms with van der Waals surface area (Å²) in [6, 6.07) is 12.4. The van der Waals surface area contributed by atoms with Gasteiger partial charge in [0.05, 0.1) is 23.1 Å². The summed E-state index contributed by atoms with van der Waals surface area (Å²) in [5.74, 6) is 1.03. The molecule has 0 atom stereocenters. The minimum atomic E-state index is -0.365. The summed E-state index contributed by atoms with van der Waals surface area (Å²) >= 11 is 0. The second-order valence-electron chi connectivity index (χ2n) is 7.84. The van der Waals surface area contributed by atoms with Crippen LogP contribution in [0.2, 0.25) is 0 Å². The maximum absolute atomic E-state index is 12.8. The van der Waals surface area contributed by atoms with Crippen molar-refractivity contribution in [2.24, 2.45) is 0 Å². The number of piperidine rings is 1. The molecule has 7 heteroatoms. The summed E-state index contributed by atoms with van der Waals surface area (Å²) < 4.78 is 5.15. The molecule has 150 valence electrons. The van der Waals surface area contributed by atoms with Gasteiger partial charge in [-0.25, -0.2) is 9.97 Å². The number of hydrogen-bond acceptors (Lipinski definition) is 5. The number of benzene rings is 1. The first-order valence-corrected chi connectivity index (χ1v) is 10.1. The molecule has 1 aromatic carbocycles. The minimum absolute atomic E-state index is 0.0402. The second-order valence-corrected chi connectivity index (χ2v) is 7.84. The molecule has 0 unspecified atom stereocenters. The fourth-order valence-corrected chi connectivity index (χ4v) is 4.89. The Balaban J connectivity index is 1.43. The molecule has 0 aliphatic carbocycles. The number of aromatic nitrogens is 3. The van der Waals surface area contributed by atoms with Crippen molar-refractivity contribution in [2.75, 3.05) is 38.3 Å². The fraction of sp³-hybridized carbons (Fsp3) is 0.409. The SMILES string of the molecule is COCC(=O)N1CCc2[nH]cnc2C12CCN(c1ccc3ccccc3n1)CC2. The van der Waals surface area contributed by atoms with E-state index in [4.69, 9.17) is 9.72 Å². The molecule has 2 aromatic heterocycles. The molecular weight excluding hydrogens is 366 g/mol. The number of carbonyl (C=O) groups excluding carboxylic acids is 1. The number of pyridine rings is 1. The predicted octanol–water partition coefficient (Wildman–Crippen LogP) is 2.48. The number of nitrogens with zero attached hydrogens (tertiary/aromatic N) is 4. The average Bonchev–Trinajstić information content (AvgIpc) is 3.24. The Morgan fingerprint density at radius 3 is 2.83 bits per heavy atom. The van der Waals surface area contributed by atoms with Crippen molar-refractivity contribution in [3.8, 4) is 0 Å². The minimum Gasteiger partial charge on any atom is -0.375 e. The molecule has 1 amide bonds. The van der Waals surface area contributed by atoms with Crippen LogP contribution < -0.4 is 4.90 Å². The lowest BCUT2D eigenvalue weighted by molar-refractivity contribution is -0.144. The summed E-state index contributed by atoms with van der Waals surface area (Å²) in [5.41, 5.74) is 2.83. The number of amides is 1. The lowest BCUT2D eigenvalue weighted by Crippen LogP contribution is -2.59. The zero-order valence-corrected chi connectivity index (χ0v) is 16.6. The molecule has 1 saturated heterocycles. The number of rotatable bonds is 3. The Labute approximate surface area is 169 Å². The molecular formula is C22H25N5O2. The Kier molecular flexibility index (Phi) is 4.47. The fourth-order valence-electron chi connectivity index (χ4n) is 4.89. The quantitative estimate of drug-likeness (QED) is 0.743. The highest BCUT2D eigenvalue weighted by molar-refractivity contribution is 5.80. The van der Waals surface area contributed by atoms with Gasteiger partial charge in [0.15, 0.2) is 0 Å². The second kappa shape index (κ2) is 7.15. The van der Waals surface area contributed by atoms with E-state index in [-0.39, 0.29) is 18.1 Å². The average molecular weight is 391 g/mol. The summed E-state index contributed by atoms with van der Waals surface area (Å²) in [4.78, 5) is 29.9. The van der Waals surface area contributed by atoms with Crippen LogP contribution >= 0.6 is 0 Å². The van der Waals surface area contributed by atoms with Crippen LogP contribution in [0.3, 0.4) is 0 Å². The van der Waals surface area contributed by atoms with Crippen molar-refractivity contribution < 1.29 is 9.53 Å². The number of ether oxygens (including phenoxy) is 1. The number of nitrogens with one attached hydrogen (secondary N) is 1. The first kappa shape index (κ1) is 18.1. The van der Waals surface area contributed by atoms with Crippen LogP contribution in [0.4, 0.5) is 5.82 Å². The number of hydrogen-bond donors (Lipinski definition) is 1. The molecule has 0 radical (unpaired) electrons. The van der Waals surface area contributed by atoms with Gasteiger partial charge in [0.25, 0.3) is 0 Å². The van der Waals surface area contributed by atoms with Gasteiger partial charge in [-0.15, -0.1) is 0 Å². The summed E-state index contributed by atoms with van der Waals surface area (Å²) in [6.07, 6.45) is 4.22. The Bertz CT molecular complexity index is 1040. The van der Waals surface area contributed by atoms with Gasteiger partial charge in [0.2, 0.25) is 5.91 Å². The van der Waals surface area contributed by atoms with E-state index in [2.05, 4.69) is 33.1 Å². The van der Waals surface area contributed by atoms with Crippen LogP contribution in [0.25, 0.3) is 10.9 Å². The molecule has 2 aliphatic heterocycles. The normalized spacial score (nSPS) is 18.2. The molecule has 2 aliphatic rings. The molecule has 1 N–H and O–H groups in total. The van der Waals surface area contributed by atoms with E-state index < -0.39 is 0 Å². The molecule has 1 fully saturated rings. The maximum Gasteiger partial charge on any atom is 0.249 e. The number of para-hydroxylation sites is 1. The molecule has 3 aromatic rings. The van der Waals surface area contributed by atoms with Crippen molar-refractivity contribution in [1.29, 1.82) is 0 Å². The van der Waals surface area contributed by atoms with Crippen molar-refractivity contribution >= 4 is 22.6 Å². The number of methoxy groups -OCH3 is 1. The first-order chi connectivity index (χ1) is 14.2. The third-order valence-corrected chi connectivity index (χ3v) is 6.33. The summed E-state index contributed by atoms with van der Waals surface area (Å²) in [6.45, 7) is 2.46. The molecule has 5 rings (SSSR count). The highest BCUT2D eigenvalue weighted by Gasteiger charge is 2.48. The number of H-pyrrole nitrogens is 1. The van der Waals surface area contributed by atoms with Gasteiger partial charge >= 0.3 is 0 Å². The van der Waals surface area contributed by atoms with Gasteiger partial charge in [-0.05, 0) is 31.0 Å². The van der Waals surface area contributed by atoms with Gasteiger partial charge in [-0.2, -0.15) is 0 Å². The van der Waals surface area contributed by atoms with Gasteiger partial charge in [0, 0.05) is 44.2 Å². The van der Waals surface area contributed by atoms with E-state index in [1.54, 1.807) is 13.4 Å². The highest BCUT2D eigenvalue weighted by atomic mass is 16.5. The van der Waals surface area contributed by atoms with Crippen LogP contribution in [0.1, 0.15) is 24.2 Å². The van der Waals surface area contributed by atoms with Crippen molar-refractivity contribution in [3.63, 3.8) is 0 Å². The van der Waals surface area contributed by atoms with Gasteiger partial charge in [0.1, 0.15) is 12.4 Å². The molecule has 1 spiro atoms. The number of carbonyl (C=O) groups is 1. The lowest BCUT2D eigenvalue weighted by atomic mass is 9.78. The smallest absolute Gasteiger partial charge is 0.249 e. The molecule has 4 heterocycles. The molecule has 0 bridgehead atoms. The van der Waals surface area contributed by atoms with Crippen molar-refractivity contribution in [3.05, 3.63) is 54.1 Å². The number of aromatic amines is 1. The van der Waals surface area contributed by atoms with E-state index in [0.29, 0.717) is 6.54 Å². The largest absolute Gasteiger partial charge is 0.375 e. The standard InChI is InChI=1S/C22H25N5O2/c1-29-14-20(28)27-11-8-18-21(24-15-23-18)22(27)9-12-26(13-10-22)19-7-6-16-4-2-3-5-17(16)25-19/h2-7,15H,8-14H2,1H3,(H,23,24).